The van der Waals surface area contributed by atoms with Gasteiger partial charge in [0.25, 0.3) is 0 Å². The summed E-state index contributed by atoms with van der Waals surface area (Å²) in [6, 6.07) is 15.0. The maximum atomic E-state index is 12.0. The SMILES string of the molecule is O=C(O)C1CCCCCSc2cnc([nH]2)-c2cccc(c2)Cc2ccc3[nH]ccc3c2CC1. The van der Waals surface area contributed by atoms with E-state index >= 15 is 0 Å². The highest BCUT2D eigenvalue weighted by molar-refractivity contribution is 7.99. The number of carboxylic acid groups (broad SMARTS) is 1. The first kappa shape index (κ1) is 21.8. The summed E-state index contributed by atoms with van der Waals surface area (Å²) in [6.07, 6.45) is 9.98. The number of aromatic amines is 2. The number of carbonyl (C=O) groups is 1. The fraction of sp³-hybridized carbons (Fsp3) is 0.333. The molecule has 0 radical (unpaired) electrons. The highest BCUT2D eigenvalue weighted by atomic mass is 32.2. The molecule has 33 heavy (non-hydrogen) atoms. The Morgan fingerprint density at radius 2 is 2.03 bits per heavy atom. The van der Waals surface area contributed by atoms with Crippen LogP contribution in [0.4, 0.5) is 0 Å². The minimum Gasteiger partial charge on any atom is -0.481 e. The van der Waals surface area contributed by atoms with Gasteiger partial charge in [0.05, 0.1) is 17.1 Å². The Bertz CT molecular complexity index is 1260. The maximum Gasteiger partial charge on any atom is 0.306 e. The van der Waals surface area contributed by atoms with Gasteiger partial charge in [-0.2, -0.15) is 0 Å². The van der Waals surface area contributed by atoms with Crippen LogP contribution in [0.3, 0.4) is 0 Å². The second-order valence-corrected chi connectivity index (χ2v) is 10.0. The largest absolute Gasteiger partial charge is 0.481 e. The molecule has 5 nitrogen and oxygen atoms in total. The maximum absolute atomic E-state index is 12.0. The third-order valence-electron chi connectivity index (χ3n) is 6.64. The molecule has 6 heteroatoms. The molecular weight excluding hydrogens is 430 g/mol. The van der Waals surface area contributed by atoms with Crippen LogP contribution in [0.1, 0.15) is 48.8 Å². The molecule has 0 saturated heterocycles. The number of thioether (sulfide) groups is 1. The average Bonchev–Trinajstić information content (AvgIpc) is 3.48. The van der Waals surface area contributed by atoms with Crippen LogP contribution in [-0.4, -0.2) is 31.8 Å². The number of carboxylic acids is 1. The molecule has 0 saturated carbocycles. The van der Waals surface area contributed by atoms with E-state index in [0.29, 0.717) is 6.42 Å². The van der Waals surface area contributed by atoms with E-state index in [4.69, 9.17) is 0 Å². The molecule has 2 aromatic carbocycles. The van der Waals surface area contributed by atoms with E-state index in [0.717, 1.165) is 66.2 Å². The van der Waals surface area contributed by atoms with Crippen molar-refractivity contribution in [2.45, 2.75) is 50.0 Å². The Kier molecular flexibility index (Phi) is 6.53. The Labute approximate surface area is 198 Å². The second kappa shape index (κ2) is 9.87. The molecular formula is C27H29N3O2S. The van der Waals surface area contributed by atoms with Gasteiger partial charge in [-0.05, 0) is 72.7 Å². The first-order chi connectivity index (χ1) is 16.2. The zero-order chi connectivity index (χ0) is 22.6. The smallest absolute Gasteiger partial charge is 0.306 e. The van der Waals surface area contributed by atoms with Gasteiger partial charge < -0.3 is 15.1 Å². The number of aryl methyl sites for hydroxylation is 1. The number of H-pyrrole nitrogens is 2. The number of nitrogens with one attached hydrogen (secondary N) is 2. The Balaban J connectivity index is 1.52. The number of hydrogen-bond donors (Lipinski definition) is 3. The number of aliphatic carboxylic acids is 1. The van der Waals surface area contributed by atoms with Gasteiger partial charge in [0.1, 0.15) is 5.82 Å². The number of aromatic nitrogens is 3. The van der Waals surface area contributed by atoms with Gasteiger partial charge in [-0.3, -0.25) is 4.79 Å². The molecule has 3 N–H and O–H groups in total. The van der Waals surface area contributed by atoms with Crippen LogP contribution >= 0.6 is 11.8 Å². The van der Waals surface area contributed by atoms with E-state index in [-0.39, 0.29) is 5.92 Å². The number of fused-ring (bicyclic) bond motifs is 8. The molecule has 3 heterocycles. The normalized spacial score (nSPS) is 17.8. The van der Waals surface area contributed by atoms with E-state index in [1.54, 1.807) is 11.8 Å². The summed E-state index contributed by atoms with van der Waals surface area (Å²) in [4.78, 5) is 23.4. The summed E-state index contributed by atoms with van der Waals surface area (Å²) >= 11 is 1.79. The molecule has 1 aliphatic heterocycles. The molecule has 4 bridgehead atoms. The van der Waals surface area contributed by atoms with E-state index in [1.807, 2.05) is 12.4 Å². The van der Waals surface area contributed by atoms with Gasteiger partial charge in [-0.15, -0.1) is 11.8 Å². The van der Waals surface area contributed by atoms with Gasteiger partial charge in [-0.1, -0.05) is 37.1 Å². The summed E-state index contributed by atoms with van der Waals surface area (Å²) in [5, 5.41) is 12.1. The van der Waals surface area contributed by atoms with Crippen molar-refractivity contribution in [3.05, 3.63) is 71.5 Å². The van der Waals surface area contributed by atoms with Crippen LogP contribution in [0, 0.1) is 5.92 Å². The molecule has 0 fully saturated rings. The van der Waals surface area contributed by atoms with E-state index < -0.39 is 5.97 Å². The van der Waals surface area contributed by atoms with Crippen LogP contribution in [0.5, 0.6) is 0 Å². The predicted molar refractivity (Wildman–Crippen MR) is 134 cm³/mol. The zero-order valence-corrected chi connectivity index (χ0v) is 19.5. The fourth-order valence-corrected chi connectivity index (χ4v) is 5.70. The minimum atomic E-state index is -0.667. The second-order valence-electron chi connectivity index (χ2n) is 8.89. The molecule has 2 aromatic heterocycles. The van der Waals surface area contributed by atoms with Gasteiger partial charge >= 0.3 is 5.97 Å². The van der Waals surface area contributed by atoms with Crippen molar-refractivity contribution in [2.24, 2.45) is 5.92 Å². The van der Waals surface area contributed by atoms with Crippen LogP contribution in [-0.2, 0) is 17.6 Å². The molecule has 0 amide bonds. The molecule has 4 aromatic rings. The third kappa shape index (κ3) is 5.01. The lowest BCUT2D eigenvalue weighted by Crippen LogP contribution is -2.15. The predicted octanol–water partition coefficient (Wildman–Crippen LogP) is 6.45. The van der Waals surface area contributed by atoms with Crippen LogP contribution in [0.2, 0.25) is 0 Å². The number of hydrogen-bond acceptors (Lipinski definition) is 3. The van der Waals surface area contributed by atoms with Crippen molar-refractivity contribution in [1.82, 2.24) is 15.0 Å². The lowest BCUT2D eigenvalue weighted by molar-refractivity contribution is -0.142. The van der Waals surface area contributed by atoms with Gasteiger partial charge in [-0.25, -0.2) is 4.98 Å². The van der Waals surface area contributed by atoms with E-state index in [1.165, 1.54) is 22.1 Å². The van der Waals surface area contributed by atoms with Crippen molar-refractivity contribution in [2.75, 3.05) is 5.75 Å². The van der Waals surface area contributed by atoms with Gasteiger partial charge in [0.15, 0.2) is 0 Å². The molecule has 1 unspecified atom stereocenters. The number of rotatable bonds is 1. The van der Waals surface area contributed by atoms with Crippen LogP contribution < -0.4 is 0 Å². The first-order valence-electron chi connectivity index (χ1n) is 11.7. The molecule has 1 aliphatic rings. The van der Waals surface area contributed by atoms with Crippen molar-refractivity contribution in [3.8, 4) is 11.4 Å². The average molecular weight is 460 g/mol. The summed E-state index contributed by atoms with van der Waals surface area (Å²) in [6.45, 7) is 0. The highest BCUT2D eigenvalue weighted by Crippen LogP contribution is 2.29. The first-order valence-corrected chi connectivity index (χ1v) is 12.7. The molecule has 0 aliphatic carbocycles. The quantitative estimate of drug-likeness (QED) is 0.306. The van der Waals surface area contributed by atoms with Crippen molar-refractivity contribution in [1.29, 1.82) is 0 Å². The standard InChI is InChI=1S/C27H29N3O2S/c31-27(32)19-6-2-1-3-14-33-25-17-29-26(30-25)21-7-4-5-18(16-21)15-20-9-11-24-23(12-13-28-24)22(20)10-8-19/h4-5,7,9,11-13,16-17,19,28H,1-3,6,8,10,14-15H2,(H,29,30)(H,31,32). The van der Waals surface area contributed by atoms with Crippen molar-refractivity contribution < 1.29 is 9.90 Å². The topological polar surface area (TPSA) is 81.8 Å². The van der Waals surface area contributed by atoms with E-state index in [2.05, 4.69) is 57.4 Å². The summed E-state index contributed by atoms with van der Waals surface area (Å²) in [5.74, 6) is 0.959. The number of benzene rings is 2. The summed E-state index contributed by atoms with van der Waals surface area (Å²) < 4.78 is 0. The molecule has 1 atom stereocenters. The highest BCUT2D eigenvalue weighted by Gasteiger charge is 2.19. The molecule has 5 rings (SSSR count). The summed E-state index contributed by atoms with van der Waals surface area (Å²) in [5.41, 5.74) is 5.96. The Morgan fingerprint density at radius 1 is 1.09 bits per heavy atom. The van der Waals surface area contributed by atoms with Crippen LogP contribution in [0.15, 0.2) is 59.9 Å². The lowest BCUT2D eigenvalue weighted by Gasteiger charge is -2.16. The number of nitrogens with zero attached hydrogens (tertiary/aromatic N) is 1. The minimum absolute atomic E-state index is 0.294. The zero-order valence-electron chi connectivity index (χ0n) is 18.6. The Morgan fingerprint density at radius 3 is 2.94 bits per heavy atom. The van der Waals surface area contributed by atoms with Crippen LogP contribution in [0.25, 0.3) is 22.3 Å². The molecule has 0 spiro atoms. The lowest BCUT2D eigenvalue weighted by atomic mass is 9.89. The fourth-order valence-electron chi connectivity index (χ4n) is 4.84. The van der Waals surface area contributed by atoms with E-state index in [9.17, 15) is 9.90 Å². The number of imidazole rings is 1. The van der Waals surface area contributed by atoms with Gasteiger partial charge in [0.2, 0.25) is 0 Å². The Hall–Kier alpha value is -2.99. The third-order valence-corrected chi connectivity index (χ3v) is 7.65. The molecule has 170 valence electrons. The van der Waals surface area contributed by atoms with Gasteiger partial charge in [0, 0.05) is 22.7 Å². The van der Waals surface area contributed by atoms with Crippen molar-refractivity contribution in [3.63, 3.8) is 0 Å². The van der Waals surface area contributed by atoms with Crippen molar-refractivity contribution >= 4 is 28.6 Å². The monoisotopic (exact) mass is 459 g/mol. The summed E-state index contributed by atoms with van der Waals surface area (Å²) in [7, 11) is 0.